The maximum atomic E-state index is 5.35. The van der Waals surface area contributed by atoms with E-state index in [0.29, 0.717) is 0 Å². The Hall–Kier alpha value is -6.78. The second-order valence-corrected chi connectivity index (χ2v) is 13.1. The lowest BCUT2D eigenvalue weighted by Crippen LogP contribution is -2.06. The number of imidazole rings is 1. The molecule has 0 unspecified atom stereocenters. The molecule has 3 heterocycles. The average molecular weight is 637 g/mol. The predicted molar refractivity (Wildman–Crippen MR) is 208 cm³/mol. The van der Waals surface area contributed by atoms with Crippen molar-refractivity contribution in [1.82, 2.24) is 18.9 Å². The highest BCUT2D eigenvalue weighted by atomic mass is 15.2. The van der Waals surface area contributed by atoms with E-state index in [9.17, 15) is 0 Å². The predicted octanol–water partition coefficient (Wildman–Crippen LogP) is 11.8. The van der Waals surface area contributed by atoms with Crippen molar-refractivity contribution < 1.29 is 0 Å². The van der Waals surface area contributed by atoms with Crippen LogP contribution in [0.5, 0.6) is 0 Å². The molecule has 11 rings (SSSR count). The molecule has 0 fully saturated rings. The molecule has 0 saturated carbocycles. The van der Waals surface area contributed by atoms with Gasteiger partial charge >= 0.3 is 0 Å². The average Bonchev–Trinajstić information content (AvgIpc) is 3.73. The second-order valence-electron chi connectivity index (χ2n) is 13.1. The molecule has 232 valence electrons. The van der Waals surface area contributed by atoms with Gasteiger partial charge in [0.15, 0.2) is 0 Å². The van der Waals surface area contributed by atoms with Gasteiger partial charge in [-0.2, -0.15) is 0 Å². The molecule has 50 heavy (non-hydrogen) atoms. The van der Waals surface area contributed by atoms with Gasteiger partial charge in [0.25, 0.3) is 0 Å². The maximum Gasteiger partial charge on any atom is 0.221 e. The van der Waals surface area contributed by atoms with Crippen LogP contribution in [0.3, 0.4) is 0 Å². The third-order valence-corrected chi connectivity index (χ3v) is 10.3. The first-order valence-corrected chi connectivity index (χ1v) is 17.0. The summed E-state index contributed by atoms with van der Waals surface area (Å²) < 4.78 is 4.54. The molecule has 0 amide bonds. The van der Waals surface area contributed by atoms with Crippen LogP contribution in [0.2, 0.25) is 0 Å². The van der Waals surface area contributed by atoms with Crippen LogP contribution >= 0.6 is 0 Å². The minimum Gasteiger partial charge on any atom is -0.279 e. The highest BCUT2D eigenvalue weighted by molar-refractivity contribution is 6.10. The lowest BCUT2D eigenvalue weighted by molar-refractivity contribution is 0.979. The minimum absolute atomic E-state index is 0.829. The lowest BCUT2D eigenvalue weighted by Gasteiger charge is -2.13. The molecular weight excluding hydrogens is 609 g/mol. The van der Waals surface area contributed by atoms with E-state index < -0.39 is 0 Å². The summed E-state index contributed by atoms with van der Waals surface area (Å²) in [5.41, 5.74) is 10.8. The van der Waals surface area contributed by atoms with Crippen molar-refractivity contribution in [1.29, 1.82) is 0 Å². The van der Waals surface area contributed by atoms with Crippen molar-refractivity contribution in [3.05, 3.63) is 170 Å². The third kappa shape index (κ3) is 3.99. The van der Waals surface area contributed by atoms with Gasteiger partial charge in [0, 0.05) is 16.2 Å². The van der Waals surface area contributed by atoms with E-state index in [2.05, 4.69) is 167 Å². The van der Waals surface area contributed by atoms with Crippen molar-refractivity contribution in [2.45, 2.75) is 0 Å². The van der Waals surface area contributed by atoms with Gasteiger partial charge in [-0.1, -0.05) is 115 Å². The van der Waals surface area contributed by atoms with Gasteiger partial charge in [-0.3, -0.25) is 8.97 Å². The van der Waals surface area contributed by atoms with E-state index in [0.717, 1.165) is 50.1 Å². The molecule has 0 N–H and O–H groups in total. The Balaban J connectivity index is 1.11. The fourth-order valence-corrected chi connectivity index (χ4v) is 7.82. The normalized spacial score (nSPS) is 12.0. The summed E-state index contributed by atoms with van der Waals surface area (Å²) in [4.78, 5) is 10.5. The smallest absolute Gasteiger partial charge is 0.221 e. The topological polar surface area (TPSA) is 35.1 Å². The van der Waals surface area contributed by atoms with Crippen molar-refractivity contribution in [3.8, 4) is 28.2 Å². The molecule has 0 saturated heterocycles. The first-order valence-electron chi connectivity index (χ1n) is 17.0. The number of para-hydroxylation sites is 4. The molecule has 0 bridgehead atoms. The van der Waals surface area contributed by atoms with E-state index >= 15 is 0 Å². The molecule has 0 aliphatic carbocycles. The molecule has 4 nitrogen and oxygen atoms in total. The van der Waals surface area contributed by atoms with Gasteiger partial charge in [-0.15, -0.1) is 0 Å². The third-order valence-electron chi connectivity index (χ3n) is 10.3. The summed E-state index contributed by atoms with van der Waals surface area (Å²) in [6.45, 7) is 0. The summed E-state index contributed by atoms with van der Waals surface area (Å²) >= 11 is 0. The largest absolute Gasteiger partial charge is 0.279 e. The van der Waals surface area contributed by atoms with Gasteiger partial charge < -0.3 is 0 Å². The zero-order chi connectivity index (χ0) is 32.8. The number of aromatic nitrogens is 4. The van der Waals surface area contributed by atoms with E-state index in [-0.39, 0.29) is 0 Å². The number of nitrogens with zero attached hydrogens (tertiary/aromatic N) is 4. The maximum absolute atomic E-state index is 5.35. The van der Waals surface area contributed by atoms with E-state index in [1.807, 2.05) is 12.1 Å². The molecule has 0 atom stereocenters. The highest BCUT2D eigenvalue weighted by Gasteiger charge is 2.20. The number of hydrogen-bond acceptors (Lipinski definition) is 2. The molecule has 0 radical (unpaired) electrons. The van der Waals surface area contributed by atoms with Crippen LogP contribution in [0.1, 0.15) is 0 Å². The first kappa shape index (κ1) is 27.2. The molecule has 3 aromatic heterocycles. The SMILES string of the molecule is c1ccc2cc(-c3ccc4cc(-c5ccc6c7ccccc7n(-c7nc8ccccc8c8nc9ccccc9n78)c6c5)ccc4c3)ccc2c1. The molecule has 4 heteroatoms. The Morgan fingerprint density at radius 2 is 0.860 bits per heavy atom. The number of hydrogen-bond donors (Lipinski definition) is 0. The van der Waals surface area contributed by atoms with Crippen molar-refractivity contribution in [3.63, 3.8) is 0 Å². The summed E-state index contributed by atoms with van der Waals surface area (Å²) in [7, 11) is 0. The van der Waals surface area contributed by atoms with Crippen LogP contribution in [0.4, 0.5) is 0 Å². The minimum atomic E-state index is 0.829. The van der Waals surface area contributed by atoms with E-state index in [4.69, 9.17) is 9.97 Å². The Labute approximate surface area is 287 Å². The fraction of sp³-hybridized carbons (Fsp3) is 0. The molecule has 0 spiro atoms. The van der Waals surface area contributed by atoms with Crippen LogP contribution in [0.15, 0.2) is 170 Å². The summed E-state index contributed by atoms with van der Waals surface area (Å²) in [5.74, 6) is 0.829. The molecule has 11 aromatic rings. The lowest BCUT2D eigenvalue weighted by atomic mass is 9.96. The molecule has 0 aliphatic heterocycles. The van der Waals surface area contributed by atoms with Gasteiger partial charge in [0.05, 0.1) is 27.6 Å². The second kappa shape index (κ2) is 10.4. The zero-order valence-corrected chi connectivity index (χ0v) is 27.0. The summed E-state index contributed by atoms with van der Waals surface area (Å²) in [6, 6.07) is 60.9. The van der Waals surface area contributed by atoms with Crippen LogP contribution in [-0.2, 0) is 0 Å². The van der Waals surface area contributed by atoms with Crippen molar-refractivity contribution in [2.75, 3.05) is 0 Å². The fourth-order valence-electron chi connectivity index (χ4n) is 7.82. The van der Waals surface area contributed by atoms with Crippen molar-refractivity contribution in [2.24, 2.45) is 0 Å². The molecule has 8 aromatic carbocycles. The Bertz CT molecular complexity index is 3160. The first-order chi connectivity index (χ1) is 24.8. The van der Waals surface area contributed by atoms with Crippen LogP contribution < -0.4 is 0 Å². The van der Waals surface area contributed by atoms with E-state index in [1.165, 1.54) is 49.0 Å². The molecule has 0 aliphatic rings. The monoisotopic (exact) mass is 636 g/mol. The summed E-state index contributed by atoms with van der Waals surface area (Å²) in [6.07, 6.45) is 0. The van der Waals surface area contributed by atoms with Gasteiger partial charge in [-0.25, -0.2) is 9.97 Å². The zero-order valence-electron chi connectivity index (χ0n) is 27.0. The summed E-state index contributed by atoms with van der Waals surface area (Å²) in [5, 5.41) is 8.39. The Morgan fingerprint density at radius 1 is 0.340 bits per heavy atom. The van der Waals surface area contributed by atoms with Gasteiger partial charge in [-0.05, 0) is 98.4 Å². The quantitative estimate of drug-likeness (QED) is 0.193. The van der Waals surface area contributed by atoms with Gasteiger partial charge in [0.1, 0.15) is 5.65 Å². The Morgan fingerprint density at radius 3 is 1.62 bits per heavy atom. The van der Waals surface area contributed by atoms with Crippen LogP contribution in [0, 0.1) is 0 Å². The Kier molecular flexibility index (Phi) is 5.63. The van der Waals surface area contributed by atoms with Gasteiger partial charge in [0.2, 0.25) is 5.95 Å². The van der Waals surface area contributed by atoms with E-state index in [1.54, 1.807) is 0 Å². The standard InChI is InChI=1S/C46H28N4/c1-2-10-30-25-31(18-17-29(30)9-1)32-19-20-34-27-35(22-21-33(34)26-32)36-23-24-38-37-11-4-7-15-42(37)49(44(38)28-36)46-48-40-13-5-3-12-39(40)45-47-41-14-6-8-16-43(41)50(45)46/h1-28H. The number of benzene rings is 8. The van der Waals surface area contributed by atoms with Crippen molar-refractivity contribution >= 4 is 70.9 Å². The van der Waals surface area contributed by atoms with Crippen LogP contribution in [-0.4, -0.2) is 18.9 Å². The molecular formula is C46H28N4. The number of rotatable bonds is 3. The number of fused-ring (bicyclic) bond motifs is 10. The van der Waals surface area contributed by atoms with Crippen LogP contribution in [0.25, 0.3) is 99.1 Å². The highest BCUT2D eigenvalue weighted by Crippen LogP contribution is 2.37.